The lowest BCUT2D eigenvalue weighted by atomic mass is 9.85. The van der Waals surface area contributed by atoms with Crippen LogP contribution in [-0.4, -0.2) is 57.2 Å². The van der Waals surface area contributed by atoms with Crippen molar-refractivity contribution in [3.63, 3.8) is 0 Å². The van der Waals surface area contributed by atoms with Gasteiger partial charge < -0.3 is 9.88 Å². The molecule has 0 bridgehead atoms. The first-order valence-corrected chi connectivity index (χ1v) is 9.58. The molecule has 1 amide bonds. The van der Waals surface area contributed by atoms with Crippen LogP contribution < -0.4 is 5.56 Å². The van der Waals surface area contributed by atoms with E-state index >= 15 is 0 Å². The third-order valence-electron chi connectivity index (χ3n) is 5.41. The van der Waals surface area contributed by atoms with Crippen molar-refractivity contribution in [2.75, 3.05) is 26.7 Å². The first-order valence-electron chi connectivity index (χ1n) is 9.58. The van der Waals surface area contributed by atoms with E-state index in [0.29, 0.717) is 23.7 Å². The van der Waals surface area contributed by atoms with Crippen molar-refractivity contribution in [2.24, 2.45) is 13.0 Å². The SMILES string of the molecule is CCN1CCC[C@@H](CN(C)C(=O)c2cc(C)[nH]c(=O)c2)[C@@H]1c1cnn(C)c1. The maximum Gasteiger partial charge on any atom is 0.253 e. The van der Waals surface area contributed by atoms with Crippen molar-refractivity contribution in [1.29, 1.82) is 0 Å². The van der Waals surface area contributed by atoms with E-state index in [1.807, 2.05) is 25.0 Å². The van der Waals surface area contributed by atoms with Crippen LogP contribution in [0.1, 0.15) is 47.4 Å². The van der Waals surface area contributed by atoms with E-state index in [2.05, 4.69) is 28.1 Å². The van der Waals surface area contributed by atoms with Crippen molar-refractivity contribution >= 4 is 5.91 Å². The zero-order chi connectivity index (χ0) is 19.6. The van der Waals surface area contributed by atoms with Gasteiger partial charge in [-0.2, -0.15) is 5.10 Å². The third-order valence-corrected chi connectivity index (χ3v) is 5.41. The molecule has 0 spiro atoms. The Morgan fingerprint density at radius 1 is 1.41 bits per heavy atom. The molecule has 27 heavy (non-hydrogen) atoms. The Hall–Kier alpha value is -2.41. The van der Waals surface area contributed by atoms with Gasteiger partial charge in [-0.15, -0.1) is 0 Å². The van der Waals surface area contributed by atoms with Crippen LogP contribution in [0.2, 0.25) is 0 Å². The van der Waals surface area contributed by atoms with E-state index in [-0.39, 0.29) is 17.5 Å². The maximum atomic E-state index is 12.9. The highest BCUT2D eigenvalue weighted by molar-refractivity contribution is 5.94. The monoisotopic (exact) mass is 371 g/mol. The van der Waals surface area contributed by atoms with E-state index in [1.54, 1.807) is 17.9 Å². The molecule has 0 aliphatic carbocycles. The van der Waals surface area contributed by atoms with Gasteiger partial charge in [-0.25, -0.2) is 0 Å². The molecule has 1 saturated heterocycles. The van der Waals surface area contributed by atoms with Gasteiger partial charge in [0.2, 0.25) is 5.56 Å². The molecule has 1 aliphatic rings. The molecular weight excluding hydrogens is 342 g/mol. The summed E-state index contributed by atoms with van der Waals surface area (Å²) in [6.45, 7) is 6.66. The van der Waals surface area contributed by atoms with Crippen molar-refractivity contribution in [3.05, 3.63) is 51.7 Å². The van der Waals surface area contributed by atoms with Gasteiger partial charge in [-0.1, -0.05) is 6.92 Å². The van der Waals surface area contributed by atoms with E-state index in [1.165, 1.54) is 11.6 Å². The highest BCUT2D eigenvalue weighted by atomic mass is 16.2. The molecule has 3 heterocycles. The Labute approximate surface area is 160 Å². The molecular formula is C20H29N5O2. The zero-order valence-electron chi connectivity index (χ0n) is 16.6. The van der Waals surface area contributed by atoms with Gasteiger partial charge in [0, 0.05) is 55.8 Å². The van der Waals surface area contributed by atoms with E-state index < -0.39 is 0 Å². The summed E-state index contributed by atoms with van der Waals surface area (Å²) in [6, 6.07) is 3.37. The number of rotatable bonds is 5. The minimum absolute atomic E-state index is 0.109. The summed E-state index contributed by atoms with van der Waals surface area (Å²) in [4.78, 5) is 31.5. The number of H-pyrrole nitrogens is 1. The molecule has 0 unspecified atom stereocenters. The molecule has 2 aromatic rings. The molecule has 0 radical (unpaired) electrons. The Bertz CT molecular complexity index is 856. The minimum Gasteiger partial charge on any atom is -0.341 e. The van der Waals surface area contributed by atoms with Gasteiger partial charge in [0.15, 0.2) is 0 Å². The molecule has 7 nitrogen and oxygen atoms in total. The number of pyridine rings is 1. The number of nitrogens with one attached hydrogen (secondary N) is 1. The lowest BCUT2D eigenvalue weighted by molar-refractivity contribution is 0.0588. The fourth-order valence-corrected chi connectivity index (χ4v) is 4.23. The third kappa shape index (κ3) is 4.30. The number of piperidine rings is 1. The quantitative estimate of drug-likeness (QED) is 0.872. The van der Waals surface area contributed by atoms with Gasteiger partial charge in [0.1, 0.15) is 0 Å². The van der Waals surface area contributed by atoms with Crippen LogP contribution in [0, 0.1) is 12.8 Å². The number of carbonyl (C=O) groups excluding carboxylic acids is 1. The first kappa shape index (κ1) is 19.4. The Morgan fingerprint density at radius 3 is 2.81 bits per heavy atom. The van der Waals surface area contributed by atoms with Crippen LogP contribution in [0.5, 0.6) is 0 Å². The average Bonchev–Trinajstić information content (AvgIpc) is 3.05. The molecule has 1 N–H and O–H groups in total. The number of aromatic amines is 1. The molecule has 1 fully saturated rings. The Balaban J connectivity index is 1.80. The average molecular weight is 371 g/mol. The van der Waals surface area contributed by atoms with Gasteiger partial charge in [0.05, 0.1) is 6.20 Å². The molecule has 3 rings (SSSR count). The summed E-state index contributed by atoms with van der Waals surface area (Å²) < 4.78 is 1.84. The first-order chi connectivity index (χ1) is 12.9. The highest BCUT2D eigenvalue weighted by Gasteiger charge is 2.34. The van der Waals surface area contributed by atoms with Crippen LogP contribution in [0.15, 0.2) is 29.3 Å². The molecule has 0 saturated carbocycles. The van der Waals surface area contributed by atoms with Crippen LogP contribution >= 0.6 is 0 Å². The second-order valence-electron chi connectivity index (χ2n) is 7.53. The lowest BCUT2D eigenvalue weighted by Crippen LogP contribution is -2.44. The fraction of sp³-hybridized carbons (Fsp3) is 0.550. The molecule has 2 atom stereocenters. The maximum absolute atomic E-state index is 12.9. The largest absolute Gasteiger partial charge is 0.341 e. The zero-order valence-corrected chi connectivity index (χ0v) is 16.6. The molecule has 146 valence electrons. The van der Waals surface area contributed by atoms with Crippen molar-refractivity contribution in [1.82, 2.24) is 24.6 Å². The second-order valence-corrected chi connectivity index (χ2v) is 7.53. The normalized spacial score (nSPS) is 20.6. The summed E-state index contributed by atoms with van der Waals surface area (Å²) in [5.41, 5.74) is 2.11. The molecule has 2 aromatic heterocycles. The number of nitrogens with zero attached hydrogens (tertiary/aromatic N) is 4. The number of amides is 1. The van der Waals surface area contributed by atoms with Crippen molar-refractivity contribution in [3.8, 4) is 0 Å². The number of hydrogen-bond acceptors (Lipinski definition) is 4. The summed E-state index contributed by atoms with van der Waals surface area (Å²) >= 11 is 0. The topological polar surface area (TPSA) is 74.2 Å². The summed E-state index contributed by atoms with van der Waals surface area (Å²) in [6.07, 6.45) is 6.21. The predicted molar refractivity (Wildman–Crippen MR) is 105 cm³/mol. The van der Waals surface area contributed by atoms with Crippen LogP contribution in [0.4, 0.5) is 0 Å². The fourth-order valence-electron chi connectivity index (χ4n) is 4.23. The van der Waals surface area contributed by atoms with Crippen LogP contribution in [0.25, 0.3) is 0 Å². The van der Waals surface area contributed by atoms with E-state index in [0.717, 1.165) is 25.9 Å². The van der Waals surface area contributed by atoms with Crippen molar-refractivity contribution in [2.45, 2.75) is 32.7 Å². The second kappa shape index (κ2) is 8.08. The van der Waals surface area contributed by atoms with E-state index in [9.17, 15) is 9.59 Å². The summed E-state index contributed by atoms with van der Waals surface area (Å²) in [5, 5.41) is 4.35. The van der Waals surface area contributed by atoms with Gasteiger partial charge in [0.25, 0.3) is 5.91 Å². The Kier molecular flexibility index (Phi) is 5.79. The lowest BCUT2D eigenvalue weighted by Gasteiger charge is -2.42. The number of aromatic nitrogens is 3. The summed E-state index contributed by atoms with van der Waals surface area (Å²) in [5.74, 6) is 0.225. The number of aryl methyl sites for hydroxylation is 2. The van der Waals surface area contributed by atoms with Crippen LogP contribution in [0.3, 0.4) is 0 Å². The van der Waals surface area contributed by atoms with Gasteiger partial charge >= 0.3 is 0 Å². The molecule has 1 aliphatic heterocycles. The van der Waals surface area contributed by atoms with E-state index in [4.69, 9.17) is 0 Å². The number of carbonyl (C=O) groups is 1. The van der Waals surface area contributed by atoms with Gasteiger partial charge in [-0.3, -0.25) is 19.2 Å². The smallest absolute Gasteiger partial charge is 0.253 e. The standard InChI is InChI=1S/C20H29N5O2/c1-5-25-8-6-7-15(19(25)17-11-21-24(4)13-17)12-23(3)20(27)16-9-14(2)22-18(26)10-16/h9-11,13,15,19H,5-8,12H2,1-4H3,(H,22,26)/t15-,19+/m0/s1. The Morgan fingerprint density at radius 2 is 2.19 bits per heavy atom. The highest BCUT2D eigenvalue weighted by Crippen LogP contribution is 2.36. The minimum atomic E-state index is -0.241. The summed E-state index contributed by atoms with van der Waals surface area (Å²) in [7, 11) is 3.76. The number of hydrogen-bond donors (Lipinski definition) is 1. The molecule has 0 aromatic carbocycles. The predicted octanol–water partition coefficient (Wildman–Crippen LogP) is 1.96. The number of likely N-dealkylation sites (tertiary alicyclic amines) is 1. The van der Waals surface area contributed by atoms with Crippen molar-refractivity contribution < 1.29 is 4.79 Å². The molecule has 7 heteroatoms. The van der Waals surface area contributed by atoms with Crippen LogP contribution in [-0.2, 0) is 7.05 Å². The van der Waals surface area contributed by atoms with Gasteiger partial charge in [-0.05, 0) is 44.8 Å².